The van der Waals surface area contributed by atoms with Gasteiger partial charge in [-0.2, -0.15) is 0 Å². The molecule has 5 heteroatoms. The predicted octanol–water partition coefficient (Wildman–Crippen LogP) is 2.40. The highest BCUT2D eigenvalue weighted by molar-refractivity contribution is 9.11. The van der Waals surface area contributed by atoms with Crippen LogP contribution in [0.15, 0.2) is 15.9 Å². The first-order chi connectivity index (χ1) is 7.57. The van der Waals surface area contributed by atoms with Crippen molar-refractivity contribution in [2.75, 3.05) is 0 Å². The van der Waals surface area contributed by atoms with E-state index in [-0.39, 0.29) is 11.4 Å². The van der Waals surface area contributed by atoms with Gasteiger partial charge in [0.25, 0.3) is 0 Å². The monoisotopic (exact) mass is 302 g/mol. The maximum Gasteiger partial charge on any atom is 0.222 e. The fourth-order valence-corrected chi connectivity index (χ4v) is 3.25. The summed E-state index contributed by atoms with van der Waals surface area (Å²) >= 11 is 5.03. The molecule has 0 aliphatic heterocycles. The Bertz CT molecular complexity index is 387. The van der Waals surface area contributed by atoms with Crippen molar-refractivity contribution in [3.8, 4) is 0 Å². The number of nitrogens with two attached hydrogens (primary N) is 1. The Morgan fingerprint density at radius 2 is 2.31 bits per heavy atom. The summed E-state index contributed by atoms with van der Waals surface area (Å²) in [5.41, 5.74) is 5.79. The van der Waals surface area contributed by atoms with Crippen LogP contribution in [0.5, 0.6) is 0 Å². The van der Waals surface area contributed by atoms with E-state index in [1.807, 2.05) is 12.1 Å². The summed E-state index contributed by atoms with van der Waals surface area (Å²) in [5.74, 6) is 0.0618. The Morgan fingerprint density at radius 3 is 2.81 bits per heavy atom. The zero-order chi connectivity index (χ0) is 11.6. The van der Waals surface area contributed by atoms with Crippen molar-refractivity contribution in [1.82, 2.24) is 5.32 Å². The highest BCUT2D eigenvalue weighted by Gasteiger charge is 2.34. The van der Waals surface area contributed by atoms with Gasteiger partial charge in [-0.15, -0.1) is 11.3 Å². The predicted molar refractivity (Wildman–Crippen MR) is 69.3 cm³/mol. The summed E-state index contributed by atoms with van der Waals surface area (Å²) in [4.78, 5) is 12.8. The third kappa shape index (κ3) is 3.06. The third-order valence-electron chi connectivity index (χ3n) is 2.95. The SMILES string of the molecule is NC1(CC(=O)NCc2ccc(Br)s2)CCC1. The molecule has 88 valence electrons. The molecule has 16 heavy (non-hydrogen) atoms. The van der Waals surface area contributed by atoms with Crippen LogP contribution < -0.4 is 11.1 Å². The molecule has 0 radical (unpaired) electrons. The number of thiophene rings is 1. The topological polar surface area (TPSA) is 55.1 Å². The Labute approximate surface area is 108 Å². The number of rotatable bonds is 4. The second kappa shape index (κ2) is 4.85. The molecule has 1 aliphatic carbocycles. The fourth-order valence-electron chi connectivity index (χ4n) is 1.82. The lowest BCUT2D eigenvalue weighted by atomic mass is 9.75. The molecular formula is C11H15BrN2OS. The van der Waals surface area contributed by atoms with E-state index >= 15 is 0 Å². The summed E-state index contributed by atoms with van der Waals surface area (Å²) in [6.07, 6.45) is 3.57. The number of nitrogens with one attached hydrogen (secondary N) is 1. The molecule has 1 aromatic rings. The van der Waals surface area contributed by atoms with Crippen molar-refractivity contribution in [2.24, 2.45) is 5.73 Å². The lowest BCUT2D eigenvalue weighted by Crippen LogP contribution is -2.49. The van der Waals surface area contributed by atoms with Crippen molar-refractivity contribution >= 4 is 33.2 Å². The van der Waals surface area contributed by atoms with E-state index in [1.165, 1.54) is 0 Å². The first-order valence-electron chi connectivity index (χ1n) is 5.37. The van der Waals surface area contributed by atoms with Crippen molar-refractivity contribution in [2.45, 2.75) is 37.8 Å². The number of halogens is 1. The minimum atomic E-state index is -0.222. The summed E-state index contributed by atoms with van der Waals surface area (Å²) in [6, 6.07) is 4.00. The number of carbonyl (C=O) groups excluding carboxylic acids is 1. The molecule has 1 heterocycles. The van der Waals surface area contributed by atoms with Gasteiger partial charge in [0.2, 0.25) is 5.91 Å². The minimum absolute atomic E-state index is 0.0618. The van der Waals surface area contributed by atoms with Crippen LogP contribution in [0.4, 0.5) is 0 Å². The van der Waals surface area contributed by atoms with E-state index in [0.29, 0.717) is 13.0 Å². The van der Waals surface area contributed by atoms with Crippen LogP contribution in [0.2, 0.25) is 0 Å². The van der Waals surface area contributed by atoms with Crippen LogP contribution in [0.25, 0.3) is 0 Å². The maximum absolute atomic E-state index is 11.6. The summed E-state index contributed by atoms with van der Waals surface area (Å²) < 4.78 is 1.09. The van der Waals surface area contributed by atoms with Crippen LogP contribution in [0.1, 0.15) is 30.6 Å². The Hall–Kier alpha value is -0.390. The Kier molecular flexibility index (Phi) is 3.66. The van der Waals surface area contributed by atoms with Crippen LogP contribution in [-0.4, -0.2) is 11.4 Å². The van der Waals surface area contributed by atoms with Gasteiger partial charge in [0.05, 0.1) is 10.3 Å². The van der Waals surface area contributed by atoms with Gasteiger partial charge in [0.15, 0.2) is 0 Å². The van der Waals surface area contributed by atoms with Gasteiger partial charge in [0.1, 0.15) is 0 Å². The lowest BCUT2D eigenvalue weighted by molar-refractivity contribution is -0.123. The molecular weight excluding hydrogens is 288 g/mol. The second-order valence-electron chi connectivity index (χ2n) is 4.38. The molecule has 2 rings (SSSR count). The molecule has 1 fully saturated rings. The molecule has 0 bridgehead atoms. The average molecular weight is 303 g/mol. The molecule has 0 saturated heterocycles. The zero-order valence-corrected chi connectivity index (χ0v) is 11.4. The van der Waals surface area contributed by atoms with Gasteiger partial charge >= 0.3 is 0 Å². The largest absolute Gasteiger partial charge is 0.351 e. The van der Waals surface area contributed by atoms with Gasteiger partial charge in [-0.1, -0.05) is 0 Å². The zero-order valence-electron chi connectivity index (χ0n) is 8.96. The van der Waals surface area contributed by atoms with Gasteiger partial charge in [-0.3, -0.25) is 4.79 Å². The van der Waals surface area contributed by atoms with E-state index in [9.17, 15) is 4.79 Å². The summed E-state index contributed by atoms with van der Waals surface area (Å²) in [7, 11) is 0. The van der Waals surface area contributed by atoms with Crippen molar-refractivity contribution < 1.29 is 4.79 Å². The van der Waals surface area contributed by atoms with Crippen molar-refractivity contribution in [3.63, 3.8) is 0 Å². The van der Waals surface area contributed by atoms with Gasteiger partial charge in [0, 0.05) is 16.8 Å². The quantitative estimate of drug-likeness (QED) is 0.897. The van der Waals surface area contributed by atoms with E-state index < -0.39 is 0 Å². The van der Waals surface area contributed by atoms with E-state index in [2.05, 4.69) is 21.2 Å². The molecule has 1 aromatic heterocycles. The first-order valence-corrected chi connectivity index (χ1v) is 6.98. The number of hydrogen-bond acceptors (Lipinski definition) is 3. The highest BCUT2D eigenvalue weighted by atomic mass is 79.9. The molecule has 0 atom stereocenters. The lowest BCUT2D eigenvalue weighted by Gasteiger charge is -2.37. The standard InChI is InChI=1S/C11H15BrN2OS/c12-9-3-2-8(16-9)7-14-10(15)6-11(13)4-1-5-11/h2-3H,1,4-7,13H2,(H,14,15). The van der Waals surface area contributed by atoms with Gasteiger partial charge in [-0.05, 0) is 47.3 Å². The van der Waals surface area contributed by atoms with Crippen LogP contribution >= 0.6 is 27.3 Å². The minimum Gasteiger partial charge on any atom is -0.351 e. The van der Waals surface area contributed by atoms with Gasteiger partial charge in [-0.25, -0.2) is 0 Å². The van der Waals surface area contributed by atoms with E-state index in [4.69, 9.17) is 5.73 Å². The summed E-state index contributed by atoms with van der Waals surface area (Å²) in [6.45, 7) is 0.602. The van der Waals surface area contributed by atoms with E-state index in [0.717, 1.165) is 27.9 Å². The molecule has 0 spiro atoms. The smallest absolute Gasteiger partial charge is 0.222 e. The Balaban J connectivity index is 1.75. The van der Waals surface area contributed by atoms with Crippen LogP contribution in [-0.2, 0) is 11.3 Å². The molecule has 1 aliphatic rings. The Morgan fingerprint density at radius 1 is 1.56 bits per heavy atom. The molecule has 1 saturated carbocycles. The average Bonchev–Trinajstić information content (AvgIpc) is 2.59. The molecule has 3 N–H and O–H groups in total. The highest BCUT2D eigenvalue weighted by Crippen LogP contribution is 2.32. The number of amides is 1. The van der Waals surface area contributed by atoms with Gasteiger partial charge < -0.3 is 11.1 Å². The fraction of sp³-hybridized carbons (Fsp3) is 0.545. The van der Waals surface area contributed by atoms with Crippen molar-refractivity contribution in [1.29, 1.82) is 0 Å². The first kappa shape index (κ1) is 12.1. The molecule has 1 amide bonds. The normalized spacial score (nSPS) is 17.9. The molecule has 3 nitrogen and oxygen atoms in total. The van der Waals surface area contributed by atoms with E-state index in [1.54, 1.807) is 11.3 Å². The van der Waals surface area contributed by atoms with Crippen molar-refractivity contribution in [3.05, 3.63) is 20.8 Å². The summed E-state index contributed by atoms with van der Waals surface area (Å²) in [5, 5.41) is 2.91. The second-order valence-corrected chi connectivity index (χ2v) is 6.92. The third-order valence-corrected chi connectivity index (χ3v) is 4.57. The number of carbonyl (C=O) groups is 1. The van der Waals surface area contributed by atoms with Crippen LogP contribution in [0.3, 0.4) is 0 Å². The van der Waals surface area contributed by atoms with Crippen LogP contribution in [0, 0.1) is 0 Å². The molecule has 0 unspecified atom stereocenters. The molecule has 0 aromatic carbocycles. The maximum atomic E-state index is 11.6. The number of hydrogen-bond donors (Lipinski definition) is 2.